The lowest BCUT2D eigenvalue weighted by Crippen LogP contribution is -2.06. The predicted octanol–water partition coefficient (Wildman–Crippen LogP) is 3.84. The highest BCUT2D eigenvalue weighted by atomic mass is 19.3. The van der Waals surface area contributed by atoms with Crippen molar-refractivity contribution < 1.29 is 13.5 Å². The molecule has 22 heavy (non-hydrogen) atoms. The Labute approximate surface area is 125 Å². The van der Waals surface area contributed by atoms with Gasteiger partial charge in [-0.2, -0.15) is 5.10 Å². The zero-order chi connectivity index (χ0) is 15.7. The summed E-state index contributed by atoms with van der Waals surface area (Å²) in [5.41, 5.74) is 7.24. The van der Waals surface area contributed by atoms with E-state index in [0.29, 0.717) is 18.2 Å². The minimum Gasteiger partial charge on any atom is -0.489 e. The molecule has 3 N–H and O–H groups in total. The first kappa shape index (κ1) is 14.3. The SMILES string of the molecule is CC(F)(F)c1ccc(COc2ccc3c(N)[nH]nc3c2)cc1. The first-order valence-electron chi connectivity index (χ1n) is 6.77. The van der Waals surface area contributed by atoms with E-state index in [1.807, 2.05) is 6.07 Å². The number of nitrogens with zero attached hydrogens (tertiary/aromatic N) is 1. The Hall–Kier alpha value is -2.63. The fourth-order valence-electron chi connectivity index (χ4n) is 2.16. The second kappa shape index (κ2) is 5.29. The van der Waals surface area contributed by atoms with E-state index in [9.17, 15) is 8.78 Å². The molecule has 0 saturated heterocycles. The summed E-state index contributed by atoms with van der Waals surface area (Å²) in [5, 5.41) is 7.59. The molecule has 0 unspecified atom stereocenters. The van der Waals surface area contributed by atoms with Gasteiger partial charge in [-0.1, -0.05) is 24.3 Å². The zero-order valence-electron chi connectivity index (χ0n) is 11.9. The summed E-state index contributed by atoms with van der Waals surface area (Å²) in [5.74, 6) is -1.67. The van der Waals surface area contributed by atoms with Crippen molar-refractivity contribution in [1.82, 2.24) is 10.2 Å². The fraction of sp³-hybridized carbons (Fsp3) is 0.188. The van der Waals surface area contributed by atoms with Gasteiger partial charge in [0, 0.05) is 23.9 Å². The zero-order valence-corrected chi connectivity index (χ0v) is 11.9. The standard InChI is InChI=1S/C16H15F2N3O/c1-16(17,18)11-4-2-10(3-5-11)9-22-12-6-7-13-14(8-12)20-21-15(13)19/h2-8H,9H2,1H3,(H3,19,20,21). The van der Waals surface area contributed by atoms with Gasteiger partial charge in [0.15, 0.2) is 0 Å². The number of benzene rings is 2. The normalized spacial score (nSPS) is 11.8. The predicted molar refractivity (Wildman–Crippen MR) is 80.8 cm³/mol. The number of alkyl halides is 2. The third-order valence-corrected chi connectivity index (χ3v) is 3.42. The second-order valence-electron chi connectivity index (χ2n) is 5.19. The maximum atomic E-state index is 13.1. The minimum atomic E-state index is -2.83. The number of nitrogen functional groups attached to an aromatic ring is 1. The molecule has 1 heterocycles. The first-order chi connectivity index (χ1) is 10.4. The molecule has 0 aliphatic rings. The number of hydrogen-bond acceptors (Lipinski definition) is 3. The molecule has 0 spiro atoms. The van der Waals surface area contributed by atoms with Gasteiger partial charge in [0.2, 0.25) is 0 Å². The molecule has 3 rings (SSSR count). The van der Waals surface area contributed by atoms with Crippen molar-refractivity contribution in [2.24, 2.45) is 0 Å². The molecule has 0 aliphatic heterocycles. The molecule has 4 nitrogen and oxygen atoms in total. The Morgan fingerprint density at radius 2 is 1.91 bits per heavy atom. The molecule has 0 radical (unpaired) electrons. The average molecular weight is 303 g/mol. The monoisotopic (exact) mass is 303 g/mol. The van der Waals surface area contributed by atoms with E-state index in [2.05, 4.69) is 10.2 Å². The van der Waals surface area contributed by atoms with E-state index in [1.165, 1.54) is 12.1 Å². The fourth-order valence-corrected chi connectivity index (χ4v) is 2.16. The lowest BCUT2D eigenvalue weighted by molar-refractivity contribution is 0.0174. The van der Waals surface area contributed by atoms with Gasteiger partial charge < -0.3 is 10.5 Å². The number of ether oxygens (including phenoxy) is 1. The molecule has 0 fully saturated rings. The second-order valence-corrected chi connectivity index (χ2v) is 5.19. The molecule has 0 aliphatic carbocycles. The van der Waals surface area contributed by atoms with E-state index < -0.39 is 5.92 Å². The van der Waals surface area contributed by atoms with Crippen molar-refractivity contribution in [3.63, 3.8) is 0 Å². The van der Waals surface area contributed by atoms with Gasteiger partial charge in [-0.25, -0.2) is 8.78 Å². The Balaban J connectivity index is 1.70. The third kappa shape index (κ3) is 2.86. The lowest BCUT2D eigenvalue weighted by Gasteiger charge is -2.11. The highest BCUT2D eigenvalue weighted by Gasteiger charge is 2.23. The first-order valence-corrected chi connectivity index (χ1v) is 6.77. The van der Waals surface area contributed by atoms with Crippen LogP contribution >= 0.6 is 0 Å². The maximum Gasteiger partial charge on any atom is 0.270 e. The summed E-state index contributed by atoms with van der Waals surface area (Å²) < 4.78 is 31.9. The lowest BCUT2D eigenvalue weighted by atomic mass is 10.1. The number of rotatable bonds is 4. The van der Waals surface area contributed by atoms with E-state index in [0.717, 1.165) is 23.4 Å². The Morgan fingerprint density at radius 1 is 1.18 bits per heavy atom. The van der Waals surface area contributed by atoms with Gasteiger partial charge in [-0.05, 0) is 17.7 Å². The van der Waals surface area contributed by atoms with Crippen molar-refractivity contribution in [2.45, 2.75) is 19.5 Å². The summed E-state index contributed by atoms with van der Waals surface area (Å²) in [7, 11) is 0. The maximum absolute atomic E-state index is 13.1. The van der Waals surface area contributed by atoms with E-state index >= 15 is 0 Å². The van der Waals surface area contributed by atoms with Crippen LogP contribution in [0.1, 0.15) is 18.1 Å². The largest absolute Gasteiger partial charge is 0.489 e. The summed E-state index contributed by atoms with van der Waals surface area (Å²) in [6, 6.07) is 11.5. The number of hydrogen-bond donors (Lipinski definition) is 2. The van der Waals surface area contributed by atoms with Crippen LogP contribution in [-0.2, 0) is 12.5 Å². The highest BCUT2D eigenvalue weighted by molar-refractivity contribution is 5.89. The highest BCUT2D eigenvalue weighted by Crippen LogP contribution is 2.27. The number of halogens is 2. The summed E-state index contributed by atoms with van der Waals surface area (Å²) >= 11 is 0. The van der Waals surface area contributed by atoms with Gasteiger partial charge in [-0.15, -0.1) is 0 Å². The van der Waals surface area contributed by atoms with Gasteiger partial charge in [0.05, 0.1) is 5.52 Å². The average Bonchev–Trinajstić information content (AvgIpc) is 2.86. The number of H-pyrrole nitrogens is 1. The molecule has 0 amide bonds. The smallest absolute Gasteiger partial charge is 0.270 e. The van der Waals surface area contributed by atoms with Crippen molar-refractivity contribution >= 4 is 16.7 Å². The van der Waals surface area contributed by atoms with Gasteiger partial charge in [0.1, 0.15) is 18.2 Å². The van der Waals surface area contributed by atoms with Crippen LogP contribution in [0.2, 0.25) is 0 Å². The van der Waals surface area contributed by atoms with Crippen LogP contribution in [0.5, 0.6) is 5.75 Å². The number of aromatic nitrogens is 2. The van der Waals surface area contributed by atoms with E-state index in [4.69, 9.17) is 10.5 Å². The number of nitrogens with one attached hydrogen (secondary N) is 1. The Bertz CT molecular complexity index is 791. The van der Waals surface area contributed by atoms with Crippen molar-refractivity contribution in [3.8, 4) is 5.75 Å². The van der Waals surface area contributed by atoms with Crippen LogP contribution in [0.4, 0.5) is 14.6 Å². The van der Waals surface area contributed by atoms with E-state index in [1.54, 1.807) is 24.3 Å². The van der Waals surface area contributed by atoms with Crippen molar-refractivity contribution in [2.75, 3.05) is 5.73 Å². The van der Waals surface area contributed by atoms with Gasteiger partial charge in [0.25, 0.3) is 5.92 Å². The van der Waals surface area contributed by atoms with Crippen LogP contribution in [-0.4, -0.2) is 10.2 Å². The summed E-state index contributed by atoms with van der Waals surface area (Å²) in [6.45, 7) is 1.17. The van der Waals surface area contributed by atoms with Crippen LogP contribution in [0.3, 0.4) is 0 Å². The number of anilines is 1. The molecule has 0 saturated carbocycles. The molecular formula is C16H15F2N3O. The molecule has 6 heteroatoms. The van der Waals surface area contributed by atoms with E-state index in [-0.39, 0.29) is 5.56 Å². The third-order valence-electron chi connectivity index (χ3n) is 3.42. The van der Waals surface area contributed by atoms with Gasteiger partial charge >= 0.3 is 0 Å². The van der Waals surface area contributed by atoms with Crippen LogP contribution in [0.15, 0.2) is 42.5 Å². The minimum absolute atomic E-state index is 0.00957. The van der Waals surface area contributed by atoms with Crippen LogP contribution < -0.4 is 10.5 Å². The number of nitrogens with two attached hydrogens (primary N) is 1. The Kier molecular flexibility index (Phi) is 3.44. The summed E-state index contributed by atoms with van der Waals surface area (Å²) in [4.78, 5) is 0. The Morgan fingerprint density at radius 3 is 2.59 bits per heavy atom. The topological polar surface area (TPSA) is 63.9 Å². The quantitative estimate of drug-likeness (QED) is 0.769. The van der Waals surface area contributed by atoms with Crippen LogP contribution in [0, 0.1) is 0 Å². The van der Waals surface area contributed by atoms with Crippen LogP contribution in [0.25, 0.3) is 10.9 Å². The molecule has 0 bridgehead atoms. The van der Waals surface area contributed by atoms with Crippen molar-refractivity contribution in [1.29, 1.82) is 0 Å². The molecular weight excluding hydrogens is 288 g/mol. The molecule has 2 aromatic carbocycles. The van der Waals surface area contributed by atoms with Gasteiger partial charge in [-0.3, -0.25) is 5.10 Å². The molecule has 0 atom stereocenters. The summed E-state index contributed by atoms with van der Waals surface area (Å²) in [6.07, 6.45) is 0. The van der Waals surface area contributed by atoms with Crippen molar-refractivity contribution in [3.05, 3.63) is 53.6 Å². The molecule has 114 valence electrons. The number of aromatic amines is 1. The number of fused-ring (bicyclic) bond motifs is 1. The molecule has 1 aromatic heterocycles. The molecule has 3 aromatic rings.